The summed E-state index contributed by atoms with van der Waals surface area (Å²) in [5, 5.41) is 0. The first-order valence-electron chi connectivity index (χ1n) is 5.59. The van der Waals surface area contributed by atoms with Gasteiger partial charge in [-0.1, -0.05) is 24.3 Å². The molecule has 0 amide bonds. The predicted molar refractivity (Wildman–Crippen MR) is 68.9 cm³/mol. The van der Waals surface area contributed by atoms with E-state index in [1.165, 1.54) is 7.11 Å². The first-order chi connectivity index (χ1) is 8.76. The molecule has 2 rings (SSSR count). The monoisotopic (exact) mass is 242 g/mol. The van der Waals surface area contributed by atoms with Crippen LogP contribution in [-0.2, 0) is 11.3 Å². The molecule has 0 bridgehead atoms. The number of rotatable bonds is 3. The van der Waals surface area contributed by atoms with Gasteiger partial charge in [0, 0.05) is 18.3 Å². The van der Waals surface area contributed by atoms with Crippen LogP contribution in [0.4, 0.5) is 0 Å². The van der Waals surface area contributed by atoms with Crippen LogP contribution in [0.3, 0.4) is 0 Å². The number of esters is 1. The van der Waals surface area contributed by atoms with Crippen LogP contribution < -0.4 is 5.73 Å². The van der Waals surface area contributed by atoms with Crippen LogP contribution in [0.2, 0.25) is 0 Å². The zero-order chi connectivity index (χ0) is 13.0. The average Bonchev–Trinajstić information content (AvgIpc) is 2.46. The van der Waals surface area contributed by atoms with E-state index in [-0.39, 0.29) is 5.97 Å². The van der Waals surface area contributed by atoms with Crippen LogP contribution in [0.5, 0.6) is 0 Å². The molecule has 0 aliphatic heterocycles. The lowest BCUT2D eigenvalue weighted by Crippen LogP contribution is -2.04. The van der Waals surface area contributed by atoms with Crippen LogP contribution in [0, 0.1) is 0 Å². The third kappa shape index (κ3) is 2.38. The maximum absolute atomic E-state index is 11.7. The minimum Gasteiger partial charge on any atom is -0.465 e. The van der Waals surface area contributed by atoms with Crippen LogP contribution in [0.25, 0.3) is 11.1 Å². The van der Waals surface area contributed by atoms with Gasteiger partial charge in [-0.05, 0) is 17.7 Å². The van der Waals surface area contributed by atoms with E-state index in [1.807, 2.05) is 24.3 Å². The minimum absolute atomic E-state index is 0.353. The molecule has 0 saturated heterocycles. The Morgan fingerprint density at radius 1 is 1.28 bits per heavy atom. The van der Waals surface area contributed by atoms with Crippen molar-refractivity contribution in [3.63, 3.8) is 0 Å². The molecule has 4 heteroatoms. The fraction of sp³-hybridized carbons (Fsp3) is 0.143. The van der Waals surface area contributed by atoms with Gasteiger partial charge in [0.05, 0.1) is 18.4 Å². The molecule has 0 aliphatic carbocycles. The number of benzene rings is 1. The number of carbonyl (C=O) groups is 1. The lowest BCUT2D eigenvalue weighted by atomic mass is 10.0. The molecule has 4 nitrogen and oxygen atoms in total. The van der Waals surface area contributed by atoms with E-state index in [9.17, 15) is 4.79 Å². The molecule has 0 radical (unpaired) electrons. The zero-order valence-electron chi connectivity index (χ0n) is 10.1. The first-order valence-corrected chi connectivity index (χ1v) is 5.59. The van der Waals surface area contributed by atoms with Crippen LogP contribution in [-0.4, -0.2) is 18.1 Å². The highest BCUT2D eigenvalue weighted by Crippen LogP contribution is 2.23. The molecule has 1 heterocycles. The molecule has 92 valence electrons. The predicted octanol–water partition coefficient (Wildman–Crippen LogP) is 1.99. The molecule has 0 atom stereocenters. The Morgan fingerprint density at radius 3 is 2.67 bits per heavy atom. The number of ether oxygens (including phenoxy) is 1. The second-order valence-corrected chi connectivity index (χ2v) is 3.78. The third-order valence-corrected chi connectivity index (χ3v) is 2.68. The summed E-state index contributed by atoms with van der Waals surface area (Å²) in [6.45, 7) is 0.402. The van der Waals surface area contributed by atoms with Gasteiger partial charge in [0.2, 0.25) is 0 Å². The Kier molecular flexibility index (Phi) is 3.69. The van der Waals surface area contributed by atoms with Gasteiger partial charge in [0.15, 0.2) is 0 Å². The molecular formula is C14H14N2O2. The van der Waals surface area contributed by atoms with Gasteiger partial charge >= 0.3 is 5.97 Å². The SMILES string of the molecule is COC(=O)c1ccccc1-c1ccc(CN)nc1. The van der Waals surface area contributed by atoms with Crippen LogP contribution in [0.1, 0.15) is 16.1 Å². The summed E-state index contributed by atoms with van der Waals surface area (Å²) in [6, 6.07) is 11.0. The molecule has 0 spiro atoms. The van der Waals surface area contributed by atoms with Gasteiger partial charge in [-0.15, -0.1) is 0 Å². The lowest BCUT2D eigenvalue weighted by Gasteiger charge is -2.07. The minimum atomic E-state index is -0.353. The van der Waals surface area contributed by atoms with E-state index in [2.05, 4.69) is 4.98 Å². The van der Waals surface area contributed by atoms with Crippen molar-refractivity contribution in [3.8, 4) is 11.1 Å². The van der Waals surface area contributed by atoms with Gasteiger partial charge in [-0.2, -0.15) is 0 Å². The van der Waals surface area contributed by atoms with Crippen LogP contribution in [0.15, 0.2) is 42.6 Å². The number of hydrogen-bond donors (Lipinski definition) is 1. The summed E-state index contributed by atoms with van der Waals surface area (Å²) >= 11 is 0. The zero-order valence-corrected chi connectivity index (χ0v) is 10.1. The van der Waals surface area contributed by atoms with Crippen molar-refractivity contribution in [1.82, 2.24) is 4.98 Å². The molecule has 0 aliphatic rings. The molecule has 18 heavy (non-hydrogen) atoms. The van der Waals surface area contributed by atoms with E-state index < -0.39 is 0 Å². The van der Waals surface area contributed by atoms with Crippen molar-refractivity contribution in [2.45, 2.75) is 6.54 Å². The lowest BCUT2D eigenvalue weighted by molar-refractivity contribution is 0.0601. The number of pyridine rings is 1. The normalized spacial score (nSPS) is 10.1. The molecule has 0 saturated carbocycles. The summed E-state index contributed by atoms with van der Waals surface area (Å²) < 4.78 is 4.76. The number of nitrogens with zero attached hydrogens (tertiary/aromatic N) is 1. The average molecular weight is 242 g/mol. The summed E-state index contributed by atoms with van der Waals surface area (Å²) in [5.74, 6) is -0.353. The Hall–Kier alpha value is -2.20. The number of carbonyl (C=O) groups excluding carboxylic acids is 1. The molecular weight excluding hydrogens is 228 g/mol. The standard InChI is InChI=1S/C14H14N2O2/c1-18-14(17)13-5-3-2-4-12(13)10-6-7-11(8-15)16-9-10/h2-7,9H,8,15H2,1H3. The van der Waals surface area contributed by atoms with Crippen molar-refractivity contribution < 1.29 is 9.53 Å². The molecule has 0 fully saturated rings. The Labute approximate surface area is 105 Å². The maximum Gasteiger partial charge on any atom is 0.338 e. The molecule has 1 aromatic carbocycles. The Morgan fingerprint density at radius 2 is 2.06 bits per heavy atom. The van der Waals surface area contributed by atoms with Crippen molar-refractivity contribution in [2.75, 3.05) is 7.11 Å². The smallest absolute Gasteiger partial charge is 0.338 e. The first kappa shape index (κ1) is 12.3. The summed E-state index contributed by atoms with van der Waals surface area (Å²) in [6.07, 6.45) is 1.71. The highest BCUT2D eigenvalue weighted by Gasteiger charge is 2.12. The van der Waals surface area contributed by atoms with Crippen LogP contribution >= 0.6 is 0 Å². The van der Waals surface area contributed by atoms with E-state index in [0.717, 1.165) is 16.8 Å². The Balaban J connectivity index is 2.46. The quantitative estimate of drug-likeness (QED) is 0.836. The summed E-state index contributed by atoms with van der Waals surface area (Å²) in [5.41, 5.74) is 8.52. The molecule has 1 aromatic heterocycles. The number of methoxy groups -OCH3 is 1. The summed E-state index contributed by atoms with van der Waals surface area (Å²) in [4.78, 5) is 15.9. The molecule has 0 unspecified atom stereocenters. The second kappa shape index (κ2) is 5.42. The topological polar surface area (TPSA) is 65.2 Å². The fourth-order valence-electron chi connectivity index (χ4n) is 1.73. The maximum atomic E-state index is 11.7. The van der Waals surface area contributed by atoms with Gasteiger partial charge in [-0.25, -0.2) is 4.79 Å². The number of nitrogens with two attached hydrogens (primary N) is 1. The van der Waals surface area contributed by atoms with Gasteiger partial charge in [-0.3, -0.25) is 4.98 Å². The molecule has 2 aromatic rings. The van der Waals surface area contributed by atoms with E-state index in [4.69, 9.17) is 10.5 Å². The van der Waals surface area contributed by atoms with E-state index in [0.29, 0.717) is 12.1 Å². The van der Waals surface area contributed by atoms with Crippen molar-refractivity contribution in [3.05, 3.63) is 53.9 Å². The third-order valence-electron chi connectivity index (χ3n) is 2.68. The van der Waals surface area contributed by atoms with E-state index >= 15 is 0 Å². The van der Waals surface area contributed by atoms with Crippen molar-refractivity contribution in [2.24, 2.45) is 5.73 Å². The number of aromatic nitrogens is 1. The second-order valence-electron chi connectivity index (χ2n) is 3.78. The largest absolute Gasteiger partial charge is 0.465 e. The number of hydrogen-bond acceptors (Lipinski definition) is 4. The van der Waals surface area contributed by atoms with Crippen molar-refractivity contribution >= 4 is 5.97 Å². The van der Waals surface area contributed by atoms with Crippen molar-refractivity contribution in [1.29, 1.82) is 0 Å². The van der Waals surface area contributed by atoms with Gasteiger partial charge in [0.25, 0.3) is 0 Å². The molecule has 2 N–H and O–H groups in total. The fourth-order valence-corrected chi connectivity index (χ4v) is 1.73. The van der Waals surface area contributed by atoms with Gasteiger partial charge < -0.3 is 10.5 Å². The summed E-state index contributed by atoms with van der Waals surface area (Å²) in [7, 11) is 1.37. The van der Waals surface area contributed by atoms with Gasteiger partial charge in [0.1, 0.15) is 0 Å². The highest BCUT2D eigenvalue weighted by atomic mass is 16.5. The van der Waals surface area contributed by atoms with E-state index in [1.54, 1.807) is 18.3 Å². The Bertz CT molecular complexity index is 550. The highest BCUT2D eigenvalue weighted by molar-refractivity contribution is 5.97.